The molecule has 0 N–H and O–H groups in total. The Morgan fingerprint density at radius 1 is 1.00 bits per heavy atom. The van der Waals surface area contributed by atoms with Crippen LogP contribution in [0.2, 0.25) is 5.02 Å². The summed E-state index contributed by atoms with van der Waals surface area (Å²) >= 11 is 6.12. The molecule has 0 unspecified atom stereocenters. The number of piperidine rings is 1. The normalized spacial score (nSPS) is 16.4. The molecule has 2 aromatic rings. The van der Waals surface area contributed by atoms with Crippen LogP contribution in [0.3, 0.4) is 0 Å². The van der Waals surface area contributed by atoms with Crippen LogP contribution >= 0.6 is 11.6 Å². The van der Waals surface area contributed by atoms with Gasteiger partial charge in [-0.2, -0.15) is 0 Å². The van der Waals surface area contributed by atoms with Crippen molar-refractivity contribution in [3.63, 3.8) is 0 Å². The highest BCUT2D eigenvalue weighted by atomic mass is 35.5. The largest absolute Gasteiger partial charge is 0.299 e. The molecule has 0 atom stereocenters. The predicted octanol–water partition coefficient (Wildman–Crippen LogP) is 4.83. The number of halogens is 1. The van der Waals surface area contributed by atoms with Crippen molar-refractivity contribution in [2.75, 3.05) is 13.1 Å². The highest BCUT2D eigenvalue weighted by Crippen LogP contribution is 2.25. The second kappa shape index (κ2) is 7.76. The minimum Gasteiger partial charge on any atom is -0.299 e. The molecular formula is C20H22ClNO. The maximum Gasteiger partial charge on any atom is 0.164 e. The van der Waals surface area contributed by atoms with Gasteiger partial charge in [-0.25, -0.2) is 0 Å². The fourth-order valence-corrected chi connectivity index (χ4v) is 3.49. The number of carbonyl (C=O) groups excluding carboxylic acids is 1. The molecule has 1 aliphatic rings. The maximum absolute atomic E-state index is 12.4. The number of ketones is 1. The van der Waals surface area contributed by atoms with E-state index in [1.807, 2.05) is 18.2 Å². The number of carbonyl (C=O) groups is 1. The molecule has 1 aliphatic heterocycles. The van der Waals surface area contributed by atoms with Gasteiger partial charge in [0.15, 0.2) is 5.78 Å². The molecule has 3 heteroatoms. The van der Waals surface area contributed by atoms with Gasteiger partial charge < -0.3 is 0 Å². The molecule has 0 amide bonds. The van der Waals surface area contributed by atoms with Gasteiger partial charge in [0.05, 0.1) is 5.02 Å². The molecule has 0 saturated carbocycles. The fraction of sp³-hybridized carbons (Fsp3) is 0.350. The minimum absolute atomic E-state index is 0.178. The van der Waals surface area contributed by atoms with Crippen molar-refractivity contribution in [1.29, 1.82) is 0 Å². The number of rotatable bonds is 5. The zero-order valence-corrected chi connectivity index (χ0v) is 14.0. The van der Waals surface area contributed by atoms with E-state index >= 15 is 0 Å². The number of benzene rings is 2. The summed E-state index contributed by atoms with van der Waals surface area (Å²) in [4.78, 5) is 14.9. The monoisotopic (exact) mass is 327 g/mol. The van der Waals surface area contributed by atoms with Gasteiger partial charge in [0, 0.05) is 18.5 Å². The number of hydrogen-bond acceptors (Lipinski definition) is 2. The molecule has 1 heterocycles. The lowest BCUT2D eigenvalue weighted by atomic mass is 9.89. The molecule has 23 heavy (non-hydrogen) atoms. The SMILES string of the molecule is O=C(CC1CCN(Cc2ccccc2)CC1)c1ccccc1Cl. The molecule has 1 fully saturated rings. The Morgan fingerprint density at radius 3 is 2.35 bits per heavy atom. The summed E-state index contributed by atoms with van der Waals surface area (Å²) < 4.78 is 0. The van der Waals surface area contributed by atoms with Crippen molar-refractivity contribution in [1.82, 2.24) is 4.90 Å². The topological polar surface area (TPSA) is 20.3 Å². The average molecular weight is 328 g/mol. The van der Waals surface area contributed by atoms with Crippen molar-refractivity contribution >= 4 is 17.4 Å². The molecular weight excluding hydrogens is 306 g/mol. The van der Waals surface area contributed by atoms with Gasteiger partial charge in [-0.05, 0) is 49.5 Å². The fourth-order valence-electron chi connectivity index (χ4n) is 3.25. The van der Waals surface area contributed by atoms with E-state index in [-0.39, 0.29) is 5.78 Å². The summed E-state index contributed by atoms with van der Waals surface area (Å²) in [5.41, 5.74) is 2.03. The molecule has 120 valence electrons. The first kappa shape index (κ1) is 16.2. The van der Waals surface area contributed by atoms with Crippen LogP contribution in [-0.2, 0) is 6.54 Å². The van der Waals surface area contributed by atoms with Crippen molar-refractivity contribution in [2.45, 2.75) is 25.8 Å². The standard InChI is InChI=1S/C20H22ClNO/c21-19-9-5-4-8-18(19)20(23)14-16-10-12-22(13-11-16)15-17-6-2-1-3-7-17/h1-9,16H,10-15H2. The van der Waals surface area contributed by atoms with Gasteiger partial charge in [0.2, 0.25) is 0 Å². The minimum atomic E-state index is 0.178. The Labute approximate surface area is 143 Å². The number of Topliss-reactive ketones (excluding diaryl/α,β-unsaturated/α-hetero) is 1. The van der Waals surface area contributed by atoms with Crippen LogP contribution in [0.1, 0.15) is 35.2 Å². The Bertz CT molecular complexity index is 648. The number of nitrogens with zero attached hydrogens (tertiary/aromatic N) is 1. The summed E-state index contributed by atoms with van der Waals surface area (Å²) in [6, 6.07) is 17.9. The summed E-state index contributed by atoms with van der Waals surface area (Å²) in [5.74, 6) is 0.655. The van der Waals surface area contributed by atoms with Crippen LogP contribution in [-0.4, -0.2) is 23.8 Å². The van der Waals surface area contributed by atoms with Crippen LogP contribution in [0.4, 0.5) is 0 Å². The molecule has 1 saturated heterocycles. The zero-order valence-electron chi connectivity index (χ0n) is 13.2. The van der Waals surface area contributed by atoms with Gasteiger partial charge in [-0.3, -0.25) is 9.69 Å². The Kier molecular flexibility index (Phi) is 5.47. The lowest BCUT2D eigenvalue weighted by molar-refractivity contribution is 0.0925. The van der Waals surface area contributed by atoms with E-state index in [1.54, 1.807) is 6.07 Å². The van der Waals surface area contributed by atoms with Crippen LogP contribution in [0.5, 0.6) is 0 Å². The van der Waals surface area contributed by atoms with Gasteiger partial charge in [-0.1, -0.05) is 54.1 Å². The maximum atomic E-state index is 12.4. The number of hydrogen-bond donors (Lipinski definition) is 0. The first-order chi connectivity index (χ1) is 11.2. The van der Waals surface area contributed by atoms with Gasteiger partial charge in [0.25, 0.3) is 0 Å². The highest BCUT2D eigenvalue weighted by molar-refractivity contribution is 6.33. The van der Waals surface area contributed by atoms with E-state index in [0.717, 1.165) is 32.5 Å². The van der Waals surface area contributed by atoms with E-state index in [1.165, 1.54) is 5.56 Å². The van der Waals surface area contributed by atoms with Crippen LogP contribution in [0, 0.1) is 5.92 Å². The Balaban J connectivity index is 1.49. The van der Waals surface area contributed by atoms with Crippen molar-refractivity contribution in [3.8, 4) is 0 Å². The van der Waals surface area contributed by atoms with Crippen molar-refractivity contribution in [2.24, 2.45) is 5.92 Å². The quantitative estimate of drug-likeness (QED) is 0.733. The van der Waals surface area contributed by atoms with E-state index < -0.39 is 0 Å². The summed E-state index contributed by atoms with van der Waals surface area (Å²) in [7, 11) is 0. The van der Waals surface area contributed by atoms with E-state index in [4.69, 9.17) is 11.6 Å². The third-order valence-corrected chi connectivity index (χ3v) is 4.93. The molecule has 3 rings (SSSR count). The summed E-state index contributed by atoms with van der Waals surface area (Å²) in [6.07, 6.45) is 2.79. The molecule has 0 aliphatic carbocycles. The second-order valence-corrected chi connectivity index (χ2v) is 6.72. The zero-order chi connectivity index (χ0) is 16.1. The number of likely N-dealkylation sites (tertiary alicyclic amines) is 1. The average Bonchev–Trinajstić information content (AvgIpc) is 2.58. The lowest BCUT2D eigenvalue weighted by Crippen LogP contribution is -2.33. The van der Waals surface area contributed by atoms with Crippen LogP contribution < -0.4 is 0 Å². The summed E-state index contributed by atoms with van der Waals surface area (Å²) in [5, 5.41) is 0.569. The predicted molar refractivity (Wildman–Crippen MR) is 94.8 cm³/mol. The van der Waals surface area contributed by atoms with Gasteiger partial charge in [-0.15, -0.1) is 0 Å². The first-order valence-corrected chi connectivity index (χ1v) is 8.64. The van der Waals surface area contributed by atoms with E-state index in [2.05, 4.69) is 35.2 Å². The Morgan fingerprint density at radius 2 is 1.65 bits per heavy atom. The van der Waals surface area contributed by atoms with Crippen LogP contribution in [0.15, 0.2) is 54.6 Å². The first-order valence-electron chi connectivity index (χ1n) is 8.26. The molecule has 0 spiro atoms. The second-order valence-electron chi connectivity index (χ2n) is 6.31. The Hall–Kier alpha value is -1.64. The lowest BCUT2D eigenvalue weighted by Gasteiger charge is -2.31. The highest BCUT2D eigenvalue weighted by Gasteiger charge is 2.22. The molecule has 0 bridgehead atoms. The van der Waals surface area contributed by atoms with Gasteiger partial charge >= 0.3 is 0 Å². The van der Waals surface area contributed by atoms with Gasteiger partial charge in [0.1, 0.15) is 0 Å². The summed E-state index contributed by atoms with van der Waals surface area (Å²) in [6.45, 7) is 3.14. The molecule has 0 radical (unpaired) electrons. The smallest absolute Gasteiger partial charge is 0.164 e. The molecule has 2 nitrogen and oxygen atoms in total. The van der Waals surface area contributed by atoms with Crippen molar-refractivity contribution in [3.05, 3.63) is 70.7 Å². The third-order valence-electron chi connectivity index (χ3n) is 4.60. The van der Waals surface area contributed by atoms with E-state index in [0.29, 0.717) is 22.9 Å². The molecule has 0 aromatic heterocycles. The molecule has 2 aromatic carbocycles. The van der Waals surface area contributed by atoms with Crippen LogP contribution in [0.25, 0.3) is 0 Å². The third kappa shape index (κ3) is 4.43. The van der Waals surface area contributed by atoms with E-state index in [9.17, 15) is 4.79 Å². The van der Waals surface area contributed by atoms with Crippen molar-refractivity contribution < 1.29 is 4.79 Å².